The van der Waals surface area contributed by atoms with E-state index in [1.807, 2.05) is 0 Å². The average Bonchev–Trinajstić information content (AvgIpc) is 2.56. The van der Waals surface area contributed by atoms with Crippen LogP contribution in [0.5, 0.6) is 0 Å². The molecule has 0 spiro atoms. The molecule has 98 valence electrons. The molecule has 0 aromatic heterocycles. The molecule has 17 heavy (non-hydrogen) atoms. The highest BCUT2D eigenvalue weighted by atomic mass is 32.2. The Morgan fingerprint density at radius 3 is 2.53 bits per heavy atom. The summed E-state index contributed by atoms with van der Waals surface area (Å²) < 4.78 is 28.7. The number of hydrogen-bond acceptors (Lipinski definition) is 5. The molecule has 1 heterocycles. The lowest BCUT2D eigenvalue weighted by Gasteiger charge is -2.12. The molecule has 0 bridgehead atoms. The van der Waals surface area contributed by atoms with E-state index < -0.39 is 16.0 Å². The first-order chi connectivity index (χ1) is 7.95. The number of ether oxygens (including phenoxy) is 1. The topological polar surface area (TPSA) is 80.8 Å². The highest BCUT2D eigenvalue weighted by molar-refractivity contribution is 7.89. The molecule has 1 aliphatic heterocycles. The quantitative estimate of drug-likeness (QED) is 0.627. The summed E-state index contributed by atoms with van der Waals surface area (Å²) in [6.45, 7) is 2.25. The van der Waals surface area contributed by atoms with Crippen LogP contribution in [0.1, 0.15) is 26.2 Å². The van der Waals surface area contributed by atoms with Crippen LogP contribution in [0, 0.1) is 0 Å². The van der Waals surface area contributed by atoms with Crippen molar-refractivity contribution >= 4 is 21.8 Å². The smallest absolute Gasteiger partial charge is 0.306 e. The Labute approximate surface area is 101 Å². The minimum absolute atomic E-state index is 0.0144. The van der Waals surface area contributed by atoms with Crippen LogP contribution in [-0.4, -0.2) is 49.9 Å². The maximum Gasteiger partial charge on any atom is 0.306 e. The number of Topliss-reactive ketones (excluding diaryl/α,β-unsaturated/α-hetero) is 1. The third-order valence-corrected chi connectivity index (χ3v) is 4.37. The highest BCUT2D eigenvalue weighted by Gasteiger charge is 2.29. The van der Waals surface area contributed by atoms with Crippen LogP contribution in [0.25, 0.3) is 0 Å². The van der Waals surface area contributed by atoms with Gasteiger partial charge in [0.25, 0.3) is 0 Å². The van der Waals surface area contributed by atoms with E-state index in [-0.39, 0.29) is 37.5 Å². The summed E-state index contributed by atoms with van der Waals surface area (Å²) in [5, 5.41) is 0. The summed E-state index contributed by atoms with van der Waals surface area (Å²) in [7, 11) is -3.23. The monoisotopic (exact) mass is 263 g/mol. The van der Waals surface area contributed by atoms with Crippen molar-refractivity contribution in [1.82, 2.24) is 4.31 Å². The zero-order chi connectivity index (χ0) is 12.9. The second-order valence-electron chi connectivity index (χ2n) is 3.85. The van der Waals surface area contributed by atoms with E-state index in [4.69, 9.17) is 0 Å². The summed E-state index contributed by atoms with van der Waals surface area (Å²) in [5.74, 6) is -0.563. The van der Waals surface area contributed by atoms with Gasteiger partial charge in [-0.15, -0.1) is 0 Å². The van der Waals surface area contributed by atoms with Crippen LogP contribution in [0.15, 0.2) is 0 Å². The number of rotatable bonds is 6. The standard InChI is InChI=1S/C10H17NO5S/c1-2-16-10(13)5-4-9(12)8-11-6-3-7-17(11,14)15/h2-8H2,1H3. The fourth-order valence-electron chi connectivity index (χ4n) is 1.62. The number of ketones is 1. The van der Waals surface area contributed by atoms with Gasteiger partial charge in [0.2, 0.25) is 10.0 Å². The first-order valence-corrected chi connectivity index (χ1v) is 7.22. The maximum atomic E-state index is 11.5. The number of nitrogens with zero attached hydrogens (tertiary/aromatic N) is 1. The molecule has 6 nitrogen and oxygen atoms in total. The molecule has 0 aromatic carbocycles. The molecule has 0 atom stereocenters. The van der Waals surface area contributed by atoms with Crippen molar-refractivity contribution < 1.29 is 22.7 Å². The zero-order valence-electron chi connectivity index (χ0n) is 9.85. The molecule has 1 fully saturated rings. The van der Waals surface area contributed by atoms with Crippen molar-refractivity contribution in [2.24, 2.45) is 0 Å². The van der Waals surface area contributed by atoms with Crippen LogP contribution in [-0.2, 0) is 24.3 Å². The Balaban J connectivity index is 2.33. The van der Waals surface area contributed by atoms with E-state index in [0.717, 1.165) is 0 Å². The Bertz CT molecular complexity index is 390. The molecule has 0 aromatic rings. The maximum absolute atomic E-state index is 11.5. The predicted octanol–water partition coefficient (Wildman–Crippen LogP) is -0.0657. The number of sulfonamides is 1. The first-order valence-electron chi connectivity index (χ1n) is 5.61. The van der Waals surface area contributed by atoms with Crippen LogP contribution in [0.4, 0.5) is 0 Å². The molecule has 0 saturated carbocycles. The number of carbonyl (C=O) groups is 2. The summed E-state index contributed by atoms with van der Waals surface area (Å²) >= 11 is 0. The Kier molecular flexibility index (Phi) is 5.07. The van der Waals surface area contributed by atoms with Crippen LogP contribution in [0.3, 0.4) is 0 Å². The zero-order valence-corrected chi connectivity index (χ0v) is 10.7. The lowest BCUT2D eigenvalue weighted by Crippen LogP contribution is -2.31. The van der Waals surface area contributed by atoms with Gasteiger partial charge in [-0.25, -0.2) is 8.42 Å². The molecule has 1 saturated heterocycles. The minimum atomic E-state index is -3.23. The molecule has 0 amide bonds. The molecule has 1 aliphatic rings. The van der Waals surface area contributed by atoms with Gasteiger partial charge in [0, 0.05) is 13.0 Å². The SMILES string of the molecule is CCOC(=O)CCC(=O)CN1CCCS1(=O)=O. The fraction of sp³-hybridized carbons (Fsp3) is 0.800. The van der Waals surface area contributed by atoms with Crippen molar-refractivity contribution in [3.63, 3.8) is 0 Å². The van der Waals surface area contributed by atoms with E-state index in [2.05, 4.69) is 4.74 Å². The van der Waals surface area contributed by atoms with E-state index in [1.54, 1.807) is 6.92 Å². The van der Waals surface area contributed by atoms with Crippen molar-refractivity contribution in [3.8, 4) is 0 Å². The van der Waals surface area contributed by atoms with Gasteiger partial charge in [0.1, 0.15) is 5.78 Å². The average molecular weight is 263 g/mol. The molecular formula is C10H17NO5S. The molecule has 1 rings (SSSR count). The normalized spacial score (nSPS) is 19.1. The second-order valence-corrected chi connectivity index (χ2v) is 5.94. The third-order valence-electron chi connectivity index (χ3n) is 2.47. The van der Waals surface area contributed by atoms with Gasteiger partial charge in [-0.1, -0.05) is 0 Å². The second kappa shape index (κ2) is 6.11. The van der Waals surface area contributed by atoms with Gasteiger partial charge in [-0.3, -0.25) is 9.59 Å². The van der Waals surface area contributed by atoms with Crippen molar-refractivity contribution in [3.05, 3.63) is 0 Å². The molecule has 0 radical (unpaired) electrons. The number of hydrogen-bond donors (Lipinski definition) is 0. The Morgan fingerprint density at radius 1 is 1.29 bits per heavy atom. The molecular weight excluding hydrogens is 246 g/mol. The van der Waals surface area contributed by atoms with Crippen LogP contribution in [0.2, 0.25) is 0 Å². The van der Waals surface area contributed by atoms with Crippen molar-refractivity contribution in [2.45, 2.75) is 26.2 Å². The summed E-state index contributed by atoms with van der Waals surface area (Å²) in [4.78, 5) is 22.5. The van der Waals surface area contributed by atoms with E-state index in [9.17, 15) is 18.0 Å². The fourth-order valence-corrected chi connectivity index (χ4v) is 3.12. The highest BCUT2D eigenvalue weighted by Crippen LogP contribution is 2.13. The largest absolute Gasteiger partial charge is 0.466 e. The van der Waals surface area contributed by atoms with Gasteiger partial charge in [-0.05, 0) is 13.3 Å². The summed E-state index contributed by atoms with van der Waals surface area (Å²) in [6, 6.07) is 0. The summed E-state index contributed by atoms with van der Waals surface area (Å²) in [6.07, 6.45) is 0.610. The Hall–Kier alpha value is -0.950. The molecule has 0 N–H and O–H groups in total. The van der Waals surface area contributed by atoms with Crippen LogP contribution < -0.4 is 0 Å². The van der Waals surface area contributed by atoms with E-state index in [0.29, 0.717) is 13.0 Å². The van der Waals surface area contributed by atoms with Gasteiger partial charge in [0.05, 0.1) is 25.3 Å². The molecule has 0 unspecified atom stereocenters. The Morgan fingerprint density at radius 2 is 2.00 bits per heavy atom. The van der Waals surface area contributed by atoms with Gasteiger partial charge >= 0.3 is 5.97 Å². The van der Waals surface area contributed by atoms with Gasteiger partial charge in [0.15, 0.2) is 0 Å². The van der Waals surface area contributed by atoms with Crippen molar-refractivity contribution in [2.75, 3.05) is 25.4 Å². The predicted molar refractivity (Wildman–Crippen MR) is 60.9 cm³/mol. The molecule has 0 aliphatic carbocycles. The number of carbonyl (C=O) groups excluding carboxylic acids is 2. The lowest BCUT2D eigenvalue weighted by atomic mass is 10.2. The van der Waals surface area contributed by atoms with Crippen molar-refractivity contribution in [1.29, 1.82) is 0 Å². The lowest BCUT2D eigenvalue weighted by molar-refractivity contribution is -0.144. The minimum Gasteiger partial charge on any atom is -0.466 e. The van der Waals surface area contributed by atoms with Crippen LogP contribution >= 0.6 is 0 Å². The summed E-state index contributed by atoms with van der Waals surface area (Å²) in [5.41, 5.74) is 0. The van der Waals surface area contributed by atoms with Gasteiger partial charge in [-0.2, -0.15) is 4.31 Å². The van der Waals surface area contributed by atoms with E-state index in [1.165, 1.54) is 4.31 Å². The van der Waals surface area contributed by atoms with Gasteiger partial charge < -0.3 is 4.74 Å². The third kappa shape index (κ3) is 4.43. The first kappa shape index (κ1) is 14.1. The van der Waals surface area contributed by atoms with E-state index >= 15 is 0 Å². The number of esters is 1. The molecule has 7 heteroatoms.